The zero-order chi connectivity index (χ0) is 19.4. The van der Waals surface area contributed by atoms with Crippen molar-refractivity contribution < 1.29 is 19.4 Å². The number of nitrogens with one attached hydrogen (secondary N) is 2. The average molecular weight is 386 g/mol. The number of esters is 1. The number of fused-ring (bicyclic) bond motifs is 1. The number of hydrogen-bond donors (Lipinski definition) is 3. The number of aliphatic hydroxyl groups is 1. The Labute approximate surface area is 159 Å². The van der Waals surface area contributed by atoms with Gasteiger partial charge in [0, 0.05) is 12.1 Å². The number of anilines is 1. The fourth-order valence-corrected chi connectivity index (χ4v) is 3.67. The van der Waals surface area contributed by atoms with Gasteiger partial charge in [0.2, 0.25) is 0 Å². The Morgan fingerprint density at radius 1 is 1.22 bits per heavy atom. The van der Waals surface area contributed by atoms with E-state index in [2.05, 4.69) is 20.6 Å². The molecule has 0 saturated heterocycles. The molecule has 0 aliphatic carbocycles. The summed E-state index contributed by atoms with van der Waals surface area (Å²) in [5.41, 5.74) is 1.78. The number of amides is 2. The van der Waals surface area contributed by atoms with Crippen molar-refractivity contribution in [3.8, 4) is 11.4 Å². The second-order valence-electron chi connectivity index (χ2n) is 5.58. The highest BCUT2D eigenvalue weighted by Gasteiger charge is 2.24. The van der Waals surface area contributed by atoms with Crippen LogP contribution in [0.25, 0.3) is 21.6 Å². The number of hydrogen-bond acceptors (Lipinski definition) is 7. The predicted octanol–water partition coefficient (Wildman–Crippen LogP) is 2.57. The summed E-state index contributed by atoms with van der Waals surface area (Å²) in [7, 11) is 1.27. The second kappa shape index (κ2) is 8.11. The van der Waals surface area contributed by atoms with E-state index in [0.29, 0.717) is 27.4 Å². The van der Waals surface area contributed by atoms with Crippen LogP contribution in [0.2, 0.25) is 0 Å². The van der Waals surface area contributed by atoms with Gasteiger partial charge >= 0.3 is 12.0 Å². The molecule has 0 radical (unpaired) electrons. The summed E-state index contributed by atoms with van der Waals surface area (Å²) in [5, 5.41) is 14.6. The minimum atomic E-state index is -0.573. The number of thiophene rings is 1. The lowest BCUT2D eigenvalue weighted by Crippen LogP contribution is -2.31. The number of aromatic nitrogens is 2. The van der Waals surface area contributed by atoms with Crippen molar-refractivity contribution in [1.29, 1.82) is 0 Å². The summed E-state index contributed by atoms with van der Waals surface area (Å²) in [5.74, 6) is -0.0364. The highest BCUT2D eigenvalue weighted by molar-refractivity contribution is 7.21. The Kier molecular flexibility index (Phi) is 5.63. The molecular weight excluding hydrogens is 368 g/mol. The molecule has 27 heavy (non-hydrogen) atoms. The van der Waals surface area contributed by atoms with E-state index in [0.717, 1.165) is 16.9 Å². The average Bonchev–Trinajstić information content (AvgIpc) is 3.05. The highest BCUT2D eigenvalue weighted by atomic mass is 32.1. The van der Waals surface area contributed by atoms with E-state index in [1.165, 1.54) is 7.11 Å². The summed E-state index contributed by atoms with van der Waals surface area (Å²) in [4.78, 5) is 34.1. The molecule has 0 aliphatic heterocycles. The molecule has 0 saturated carbocycles. The van der Waals surface area contributed by atoms with Crippen molar-refractivity contribution in [2.75, 3.05) is 25.6 Å². The first-order valence-corrected chi connectivity index (χ1v) is 8.97. The fourth-order valence-electron chi connectivity index (χ4n) is 2.57. The standard InChI is InChI=1S/C18H18N4O4S/c1-10-12-13(21-18(25)19-8-9-23)14(17(24)26-2)27-16(12)22-15(20-10)11-6-4-3-5-7-11/h3-7,23H,8-9H2,1-2H3,(H2,19,21,25). The summed E-state index contributed by atoms with van der Waals surface area (Å²) in [6.45, 7) is 1.69. The van der Waals surface area contributed by atoms with Crippen LogP contribution in [0.1, 0.15) is 15.4 Å². The number of urea groups is 1. The van der Waals surface area contributed by atoms with Gasteiger partial charge in [0.1, 0.15) is 9.71 Å². The van der Waals surface area contributed by atoms with Gasteiger partial charge in [-0.15, -0.1) is 11.3 Å². The SMILES string of the molecule is COC(=O)c1sc2nc(-c3ccccc3)nc(C)c2c1NC(=O)NCCO. The zero-order valence-electron chi connectivity index (χ0n) is 14.8. The van der Waals surface area contributed by atoms with Gasteiger partial charge in [0.25, 0.3) is 0 Å². The summed E-state index contributed by atoms with van der Waals surface area (Å²) >= 11 is 1.13. The molecule has 0 aliphatic rings. The molecule has 2 amide bonds. The number of nitrogens with zero attached hydrogens (tertiary/aromatic N) is 2. The smallest absolute Gasteiger partial charge is 0.350 e. The van der Waals surface area contributed by atoms with Crippen molar-refractivity contribution in [1.82, 2.24) is 15.3 Å². The topological polar surface area (TPSA) is 113 Å². The van der Waals surface area contributed by atoms with E-state index in [1.54, 1.807) is 6.92 Å². The number of aryl methyl sites for hydroxylation is 1. The molecular formula is C18H18N4O4S. The van der Waals surface area contributed by atoms with Crippen molar-refractivity contribution >= 4 is 39.2 Å². The Morgan fingerprint density at radius 3 is 2.63 bits per heavy atom. The molecule has 0 unspecified atom stereocenters. The van der Waals surface area contributed by atoms with Gasteiger partial charge in [-0.2, -0.15) is 0 Å². The van der Waals surface area contributed by atoms with Gasteiger partial charge in [0.05, 0.1) is 30.5 Å². The quantitative estimate of drug-likeness (QED) is 0.581. The van der Waals surface area contributed by atoms with E-state index < -0.39 is 12.0 Å². The maximum absolute atomic E-state index is 12.2. The van der Waals surface area contributed by atoms with Gasteiger partial charge in [-0.25, -0.2) is 19.6 Å². The van der Waals surface area contributed by atoms with E-state index in [-0.39, 0.29) is 18.0 Å². The molecule has 0 atom stereocenters. The minimum absolute atomic E-state index is 0.0924. The third-order valence-corrected chi connectivity index (χ3v) is 4.83. The Balaban J connectivity index is 2.12. The van der Waals surface area contributed by atoms with Gasteiger partial charge in [0.15, 0.2) is 5.82 Å². The number of aliphatic hydroxyl groups excluding tert-OH is 1. The lowest BCUT2D eigenvalue weighted by Gasteiger charge is -2.09. The third kappa shape index (κ3) is 3.88. The van der Waals surface area contributed by atoms with E-state index in [4.69, 9.17) is 9.84 Å². The Morgan fingerprint density at radius 2 is 1.96 bits per heavy atom. The van der Waals surface area contributed by atoms with Crippen LogP contribution in [-0.2, 0) is 4.74 Å². The maximum Gasteiger partial charge on any atom is 0.350 e. The number of carbonyl (C=O) groups is 2. The summed E-state index contributed by atoms with van der Waals surface area (Å²) in [6.07, 6.45) is 0. The van der Waals surface area contributed by atoms with Crippen LogP contribution in [0.5, 0.6) is 0 Å². The molecule has 3 rings (SSSR count). The largest absolute Gasteiger partial charge is 0.465 e. The molecule has 0 bridgehead atoms. The number of rotatable bonds is 5. The zero-order valence-corrected chi connectivity index (χ0v) is 15.6. The lowest BCUT2D eigenvalue weighted by molar-refractivity contribution is 0.0607. The molecule has 0 spiro atoms. The van der Waals surface area contributed by atoms with Gasteiger partial charge < -0.3 is 20.5 Å². The molecule has 3 N–H and O–H groups in total. The van der Waals surface area contributed by atoms with Crippen LogP contribution >= 0.6 is 11.3 Å². The molecule has 8 nitrogen and oxygen atoms in total. The minimum Gasteiger partial charge on any atom is -0.465 e. The van der Waals surface area contributed by atoms with E-state index in [9.17, 15) is 9.59 Å². The maximum atomic E-state index is 12.2. The van der Waals surface area contributed by atoms with Crippen LogP contribution in [0.3, 0.4) is 0 Å². The molecule has 140 valence electrons. The normalized spacial score (nSPS) is 10.6. The first-order chi connectivity index (χ1) is 13.0. The van der Waals surface area contributed by atoms with Gasteiger partial charge in [-0.1, -0.05) is 30.3 Å². The molecule has 2 heterocycles. The van der Waals surface area contributed by atoms with Crippen LogP contribution in [0.4, 0.5) is 10.5 Å². The van der Waals surface area contributed by atoms with E-state index >= 15 is 0 Å². The molecule has 1 aromatic carbocycles. The summed E-state index contributed by atoms with van der Waals surface area (Å²) < 4.78 is 4.84. The van der Waals surface area contributed by atoms with E-state index in [1.807, 2.05) is 30.3 Å². The second-order valence-corrected chi connectivity index (χ2v) is 6.58. The summed E-state index contributed by atoms with van der Waals surface area (Å²) in [6, 6.07) is 8.95. The molecule has 2 aromatic heterocycles. The third-order valence-electron chi connectivity index (χ3n) is 3.77. The molecule has 9 heteroatoms. The van der Waals surface area contributed by atoms with Crippen molar-refractivity contribution in [2.24, 2.45) is 0 Å². The highest BCUT2D eigenvalue weighted by Crippen LogP contribution is 2.37. The van der Waals surface area contributed by atoms with Crippen LogP contribution in [0.15, 0.2) is 30.3 Å². The lowest BCUT2D eigenvalue weighted by atomic mass is 10.2. The monoisotopic (exact) mass is 386 g/mol. The van der Waals surface area contributed by atoms with Crippen molar-refractivity contribution in [3.63, 3.8) is 0 Å². The molecule has 3 aromatic rings. The van der Waals surface area contributed by atoms with Crippen LogP contribution in [-0.4, -0.2) is 47.3 Å². The molecule has 0 fully saturated rings. The Bertz CT molecular complexity index is 988. The predicted molar refractivity (Wildman–Crippen MR) is 103 cm³/mol. The number of methoxy groups -OCH3 is 1. The van der Waals surface area contributed by atoms with Crippen LogP contribution in [0, 0.1) is 6.92 Å². The van der Waals surface area contributed by atoms with Gasteiger partial charge in [-0.3, -0.25) is 0 Å². The van der Waals surface area contributed by atoms with Crippen molar-refractivity contribution in [3.05, 3.63) is 40.9 Å². The van der Waals surface area contributed by atoms with Crippen molar-refractivity contribution in [2.45, 2.75) is 6.92 Å². The first kappa shape index (κ1) is 18.7. The number of carbonyl (C=O) groups excluding carboxylic acids is 2. The number of benzene rings is 1. The fraction of sp³-hybridized carbons (Fsp3) is 0.222. The van der Waals surface area contributed by atoms with Gasteiger partial charge in [-0.05, 0) is 6.92 Å². The number of ether oxygens (including phenoxy) is 1. The van der Waals surface area contributed by atoms with Crippen LogP contribution < -0.4 is 10.6 Å². The Hall–Kier alpha value is -3.04. The first-order valence-electron chi connectivity index (χ1n) is 8.15.